The van der Waals surface area contributed by atoms with Crippen LogP contribution in [-0.4, -0.2) is 25.0 Å². The van der Waals surface area contributed by atoms with Crippen LogP contribution in [0.4, 0.5) is 15.8 Å². The molecule has 128 valence electrons. The fraction of sp³-hybridized carbons (Fsp3) is 0.143. The average molecular weight is 355 g/mol. The number of nitrogens with zero attached hydrogens (tertiary/aromatic N) is 1. The van der Waals surface area contributed by atoms with Crippen LogP contribution >= 0.6 is 0 Å². The summed E-state index contributed by atoms with van der Waals surface area (Å²) in [6.07, 6.45) is -1.25. The number of rotatable bonds is 6. The number of hydrogen-bond acceptors (Lipinski definition) is 6. The number of aliphatic hydroxyl groups is 1. The lowest BCUT2D eigenvalue weighted by atomic mass is 10.1. The summed E-state index contributed by atoms with van der Waals surface area (Å²) < 4.78 is 36.8. The van der Waals surface area contributed by atoms with Gasteiger partial charge in [-0.2, -0.15) is 0 Å². The number of sulfonamides is 1. The lowest BCUT2D eigenvalue weighted by molar-refractivity contribution is -0.385. The molecule has 0 radical (unpaired) electrons. The van der Waals surface area contributed by atoms with E-state index in [0.717, 1.165) is 18.2 Å². The minimum absolute atomic E-state index is 0.0292. The van der Waals surface area contributed by atoms with Crippen molar-refractivity contribution in [2.24, 2.45) is 5.14 Å². The summed E-state index contributed by atoms with van der Waals surface area (Å²) in [5.74, 6) is -0.609. The third kappa shape index (κ3) is 4.04. The third-order valence-corrected chi connectivity index (χ3v) is 4.18. The zero-order valence-electron chi connectivity index (χ0n) is 12.2. The number of nitrogens with two attached hydrogens (primary N) is 1. The molecular formula is C14H14FN3O5S. The molecule has 0 aliphatic carbocycles. The van der Waals surface area contributed by atoms with E-state index < -0.39 is 37.5 Å². The molecule has 4 N–H and O–H groups in total. The molecule has 2 rings (SSSR count). The molecule has 0 heterocycles. The Kier molecular flexibility index (Phi) is 5.12. The van der Waals surface area contributed by atoms with Crippen LogP contribution in [0, 0.1) is 15.9 Å². The van der Waals surface area contributed by atoms with Gasteiger partial charge < -0.3 is 10.4 Å². The summed E-state index contributed by atoms with van der Waals surface area (Å²) in [6.45, 7) is -0.221. The van der Waals surface area contributed by atoms with Gasteiger partial charge in [0, 0.05) is 24.2 Å². The van der Waals surface area contributed by atoms with Gasteiger partial charge in [0.1, 0.15) is 10.7 Å². The van der Waals surface area contributed by atoms with Gasteiger partial charge in [0.15, 0.2) is 0 Å². The van der Waals surface area contributed by atoms with Crippen LogP contribution < -0.4 is 10.5 Å². The highest BCUT2D eigenvalue weighted by Gasteiger charge is 2.20. The second-order valence-electron chi connectivity index (χ2n) is 4.90. The highest BCUT2D eigenvalue weighted by molar-refractivity contribution is 7.89. The molecule has 0 aliphatic heterocycles. The second kappa shape index (κ2) is 6.91. The Morgan fingerprint density at radius 2 is 1.96 bits per heavy atom. The Balaban J connectivity index is 2.27. The van der Waals surface area contributed by atoms with Crippen molar-refractivity contribution < 1.29 is 22.8 Å². The maximum atomic E-state index is 13.6. The first-order valence-corrected chi connectivity index (χ1v) is 8.22. The Labute approximate surface area is 136 Å². The van der Waals surface area contributed by atoms with Crippen LogP contribution in [-0.2, 0) is 10.0 Å². The van der Waals surface area contributed by atoms with E-state index in [9.17, 15) is 28.0 Å². The number of nitro groups is 1. The van der Waals surface area contributed by atoms with Crippen molar-refractivity contribution in [3.63, 3.8) is 0 Å². The lowest BCUT2D eigenvalue weighted by Gasteiger charge is -2.15. The van der Waals surface area contributed by atoms with Gasteiger partial charge in [-0.05, 0) is 12.1 Å². The molecule has 8 nitrogen and oxygen atoms in total. The number of benzene rings is 2. The normalized spacial score (nSPS) is 12.6. The molecule has 0 saturated carbocycles. The molecule has 2 aromatic rings. The van der Waals surface area contributed by atoms with E-state index in [1.165, 1.54) is 18.2 Å². The fourth-order valence-electron chi connectivity index (χ4n) is 2.07. The van der Waals surface area contributed by atoms with Gasteiger partial charge in [-0.1, -0.05) is 18.2 Å². The molecular weight excluding hydrogens is 341 g/mol. The minimum Gasteiger partial charge on any atom is -0.386 e. The third-order valence-electron chi connectivity index (χ3n) is 3.23. The second-order valence-corrected chi connectivity index (χ2v) is 6.43. The number of anilines is 1. The highest BCUT2D eigenvalue weighted by atomic mass is 32.2. The predicted octanol–water partition coefficient (Wildman–Crippen LogP) is 1.53. The topological polar surface area (TPSA) is 136 Å². The first kappa shape index (κ1) is 17.8. The van der Waals surface area contributed by atoms with Crippen molar-refractivity contribution in [2.45, 2.75) is 11.0 Å². The van der Waals surface area contributed by atoms with Crippen LogP contribution in [0.25, 0.3) is 0 Å². The maximum absolute atomic E-state index is 13.6. The number of primary sulfonamides is 1. The Morgan fingerprint density at radius 3 is 2.54 bits per heavy atom. The van der Waals surface area contributed by atoms with E-state index in [4.69, 9.17) is 5.14 Å². The molecule has 1 atom stereocenters. The van der Waals surface area contributed by atoms with Crippen LogP contribution in [0.1, 0.15) is 11.7 Å². The first-order valence-electron chi connectivity index (χ1n) is 6.67. The smallest absolute Gasteiger partial charge is 0.270 e. The number of hydrogen-bond donors (Lipinski definition) is 3. The molecule has 10 heteroatoms. The van der Waals surface area contributed by atoms with Crippen molar-refractivity contribution >= 4 is 21.4 Å². The van der Waals surface area contributed by atoms with E-state index in [2.05, 4.69) is 5.32 Å². The number of nitrogens with one attached hydrogen (secondary N) is 1. The number of aliphatic hydroxyl groups excluding tert-OH is 1. The number of nitro benzene ring substituents is 1. The first-order chi connectivity index (χ1) is 11.2. The summed E-state index contributed by atoms with van der Waals surface area (Å²) in [7, 11) is -4.23. The van der Waals surface area contributed by atoms with E-state index in [0.29, 0.717) is 0 Å². The van der Waals surface area contributed by atoms with Gasteiger partial charge in [-0.3, -0.25) is 10.1 Å². The van der Waals surface area contributed by atoms with Crippen molar-refractivity contribution in [1.82, 2.24) is 0 Å². The Morgan fingerprint density at radius 1 is 1.29 bits per heavy atom. The quantitative estimate of drug-likeness (QED) is 0.531. The molecule has 0 saturated heterocycles. The van der Waals surface area contributed by atoms with Gasteiger partial charge >= 0.3 is 0 Å². The van der Waals surface area contributed by atoms with Crippen LogP contribution in [0.3, 0.4) is 0 Å². The van der Waals surface area contributed by atoms with Crippen LogP contribution in [0.5, 0.6) is 0 Å². The predicted molar refractivity (Wildman–Crippen MR) is 84.3 cm³/mol. The molecule has 0 aliphatic rings. The van der Waals surface area contributed by atoms with Crippen molar-refractivity contribution in [1.29, 1.82) is 0 Å². The van der Waals surface area contributed by atoms with Crippen LogP contribution in [0.2, 0.25) is 0 Å². The van der Waals surface area contributed by atoms with Crippen molar-refractivity contribution in [3.05, 3.63) is 64.0 Å². The van der Waals surface area contributed by atoms with Gasteiger partial charge in [0.2, 0.25) is 10.0 Å². The van der Waals surface area contributed by atoms with E-state index in [1.54, 1.807) is 6.07 Å². The zero-order chi connectivity index (χ0) is 17.9. The Bertz CT molecular complexity index is 872. The van der Waals surface area contributed by atoms with Gasteiger partial charge in [0.25, 0.3) is 5.69 Å². The van der Waals surface area contributed by atoms with Gasteiger partial charge in [-0.25, -0.2) is 17.9 Å². The molecule has 0 spiro atoms. The maximum Gasteiger partial charge on any atom is 0.270 e. The van der Waals surface area contributed by atoms with Crippen LogP contribution in [0.15, 0.2) is 47.4 Å². The molecule has 0 fully saturated rings. The molecule has 1 unspecified atom stereocenters. The summed E-state index contributed by atoms with van der Waals surface area (Å²) >= 11 is 0. The Hall–Kier alpha value is -2.56. The molecule has 24 heavy (non-hydrogen) atoms. The standard InChI is InChI=1S/C14H14FN3O5S/c15-11-4-2-1-3-10(11)13(19)8-17-12-6-5-9(18(20)21)7-14(12)24(16,22)23/h1-7,13,17,19H,8H2,(H2,16,22,23). The average Bonchev–Trinajstić information content (AvgIpc) is 2.52. The monoisotopic (exact) mass is 355 g/mol. The van der Waals surface area contributed by atoms with Crippen molar-refractivity contribution in [2.75, 3.05) is 11.9 Å². The molecule has 0 amide bonds. The summed E-state index contributed by atoms with van der Waals surface area (Å²) in [5, 5.41) is 28.4. The fourth-order valence-corrected chi connectivity index (χ4v) is 2.80. The SMILES string of the molecule is NS(=O)(=O)c1cc([N+](=O)[O-])ccc1NCC(O)c1ccccc1F. The molecule has 0 aromatic heterocycles. The minimum atomic E-state index is -4.23. The van der Waals surface area contributed by atoms with Gasteiger partial charge in [0.05, 0.1) is 16.7 Å². The largest absolute Gasteiger partial charge is 0.386 e. The van der Waals surface area contributed by atoms with Crippen molar-refractivity contribution in [3.8, 4) is 0 Å². The summed E-state index contributed by atoms with van der Waals surface area (Å²) in [5.41, 5.74) is -0.443. The number of halogens is 1. The summed E-state index contributed by atoms with van der Waals surface area (Å²) in [6, 6.07) is 8.64. The molecule has 0 bridgehead atoms. The zero-order valence-corrected chi connectivity index (χ0v) is 13.0. The summed E-state index contributed by atoms with van der Waals surface area (Å²) in [4.78, 5) is 9.50. The highest BCUT2D eigenvalue weighted by Crippen LogP contribution is 2.26. The lowest BCUT2D eigenvalue weighted by Crippen LogP contribution is -2.18. The van der Waals surface area contributed by atoms with E-state index in [1.807, 2.05) is 0 Å². The number of non-ortho nitro benzene ring substituents is 1. The molecule has 2 aromatic carbocycles. The van der Waals surface area contributed by atoms with Gasteiger partial charge in [-0.15, -0.1) is 0 Å². The van der Waals surface area contributed by atoms with E-state index >= 15 is 0 Å². The van der Waals surface area contributed by atoms with E-state index in [-0.39, 0.29) is 17.8 Å².